The van der Waals surface area contributed by atoms with Gasteiger partial charge >= 0.3 is 11.9 Å². The number of hydrogen-bond acceptors (Lipinski definition) is 6. The molecule has 0 bridgehead atoms. The molecule has 8 nitrogen and oxygen atoms in total. The van der Waals surface area contributed by atoms with Crippen LogP contribution < -0.4 is 10.6 Å². The Labute approximate surface area is 196 Å². The normalized spacial score (nSPS) is 11.1. The Morgan fingerprint density at radius 3 is 2.03 bits per heavy atom. The largest absolute Gasteiger partial charge is 0.465 e. The van der Waals surface area contributed by atoms with Crippen molar-refractivity contribution in [3.8, 4) is 0 Å². The van der Waals surface area contributed by atoms with Gasteiger partial charge in [-0.2, -0.15) is 0 Å². The molecule has 0 heterocycles. The van der Waals surface area contributed by atoms with Gasteiger partial charge in [0.25, 0.3) is 11.8 Å². The molecule has 0 radical (unpaired) electrons. The second kappa shape index (κ2) is 12.0. The molecule has 174 valence electrons. The maximum absolute atomic E-state index is 12.6. The fourth-order valence-electron chi connectivity index (χ4n) is 3.14. The van der Waals surface area contributed by atoms with Gasteiger partial charge in [0.05, 0.1) is 25.1 Å². The molecule has 0 fully saturated rings. The van der Waals surface area contributed by atoms with Crippen molar-refractivity contribution in [2.24, 2.45) is 0 Å². The molecule has 3 aromatic rings. The topological polar surface area (TPSA) is 111 Å². The van der Waals surface area contributed by atoms with Crippen LogP contribution in [0.15, 0.2) is 84.9 Å². The molecule has 0 aromatic heterocycles. The summed E-state index contributed by atoms with van der Waals surface area (Å²) in [4.78, 5) is 48.7. The van der Waals surface area contributed by atoms with Gasteiger partial charge in [-0.25, -0.2) is 4.79 Å². The molecule has 2 amide bonds. The van der Waals surface area contributed by atoms with Gasteiger partial charge in [-0.15, -0.1) is 0 Å². The number of carbonyl (C=O) groups is 4. The van der Waals surface area contributed by atoms with Gasteiger partial charge in [0.2, 0.25) is 0 Å². The molecule has 0 spiro atoms. The van der Waals surface area contributed by atoms with E-state index >= 15 is 0 Å². The van der Waals surface area contributed by atoms with E-state index in [-0.39, 0.29) is 12.3 Å². The highest BCUT2D eigenvalue weighted by Crippen LogP contribution is 2.18. The Bertz CT molecular complexity index is 1130. The lowest BCUT2D eigenvalue weighted by molar-refractivity contribution is -0.147. The van der Waals surface area contributed by atoms with Crippen LogP contribution in [0.2, 0.25) is 0 Å². The monoisotopic (exact) mass is 460 g/mol. The molecule has 0 unspecified atom stereocenters. The molecule has 0 aliphatic rings. The number of nitrogens with one attached hydrogen (secondary N) is 2. The lowest BCUT2D eigenvalue weighted by Crippen LogP contribution is -2.31. The van der Waals surface area contributed by atoms with Crippen LogP contribution >= 0.6 is 0 Å². The van der Waals surface area contributed by atoms with Gasteiger partial charge in [0.15, 0.2) is 6.61 Å². The van der Waals surface area contributed by atoms with Gasteiger partial charge in [0, 0.05) is 11.3 Å². The number of esters is 2. The van der Waals surface area contributed by atoms with E-state index in [2.05, 4.69) is 15.4 Å². The Morgan fingerprint density at radius 1 is 0.794 bits per heavy atom. The number of amides is 2. The molecule has 2 N–H and O–H groups in total. The molecule has 0 aliphatic carbocycles. The number of rotatable bonds is 9. The van der Waals surface area contributed by atoms with Crippen LogP contribution in [0.3, 0.4) is 0 Å². The van der Waals surface area contributed by atoms with Gasteiger partial charge in [0.1, 0.15) is 0 Å². The number of methoxy groups -OCH3 is 1. The summed E-state index contributed by atoms with van der Waals surface area (Å²) in [6.07, 6.45) is -0.149. The van der Waals surface area contributed by atoms with E-state index in [9.17, 15) is 19.2 Å². The van der Waals surface area contributed by atoms with E-state index in [0.717, 1.165) is 5.56 Å². The van der Waals surface area contributed by atoms with E-state index in [0.29, 0.717) is 16.8 Å². The highest BCUT2D eigenvalue weighted by Gasteiger charge is 2.20. The minimum Gasteiger partial charge on any atom is -0.465 e. The van der Waals surface area contributed by atoms with Crippen LogP contribution in [0.4, 0.5) is 5.69 Å². The average Bonchev–Trinajstić information content (AvgIpc) is 2.88. The number of carbonyl (C=O) groups excluding carboxylic acids is 4. The summed E-state index contributed by atoms with van der Waals surface area (Å²) < 4.78 is 9.74. The molecule has 3 aromatic carbocycles. The highest BCUT2D eigenvalue weighted by molar-refractivity contribution is 5.95. The van der Waals surface area contributed by atoms with E-state index in [1.54, 1.807) is 54.6 Å². The predicted molar refractivity (Wildman–Crippen MR) is 125 cm³/mol. The van der Waals surface area contributed by atoms with E-state index in [1.807, 2.05) is 6.07 Å². The van der Waals surface area contributed by atoms with Crippen LogP contribution in [0.1, 0.15) is 38.7 Å². The van der Waals surface area contributed by atoms with Gasteiger partial charge in [-0.3, -0.25) is 14.4 Å². The van der Waals surface area contributed by atoms with Crippen molar-refractivity contribution in [1.82, 2.24) is 5.32 Å². The van der Waals surface area contributed by atoms with Crippen LogP contribution in [0.5, 0.6) is 0 Å². The average molecular weight is 460 g/mol. The first kappa shape index (κ1) is 24.2. The second-order valence-corrected chi connectivity index (χ2v) is 7.28. The summed E-state index contributed by atoms with van der Waals surface area (Å²) in [5.41, 5.74) is 1.98. The molecule has 34 heavy (non-hydrogen) atoms. The third kappa shape index (κ3) is 7.03. The van der Waals surface area contributed by atoms with E-state index in [1.165, 1.54) is 31.4 Å². The van der Waals surface area contributed by atoms with Crippen molar-refractivity contribution in [2.45, 2.75) is 12.5 Å². The van der Waals surface area contributed by atoms with Crippen LogP contribution in [0.25, 0.3) is 0 Å². The SMILES string of the molecule is COC(=O)c1ccc(NC(=O)COC(=O)C[C@@H](NC(=O)c2ccccc2)c2ccccc2)cc1. The highest BCUT2D eigenvalue weighted by atomic mass is 16.5. The van der Waals surface area contributed by atoms with Crippen molar-refractivity contribution < 1.29 is 28.7 Å². The molecule has 0 aliphatic heterocycles. The lowest BCUT2D eigenvalue weighted by Gasteiger charge is -2.19. The third-order valence-corrected chi connectivity index (χ3v) is 4.87. The van der Waals surface area contributed by atoms with Crippen molar-refractivity contribution in [3.63, 3.8) is 0 Å². The first-order valence-electron chi connectivity index (χ1n) is 10.5. The van der Waals surface area contributed by atoms with Crippen LogP contribution in [-0.4, -0.2) is 37.5 Å². The minimum absolute atomic E-state index is 0.149. The van der Waals surface area contributed by atoms with Gasteiger partial charge in [-0.05, 0) is 42.0 Å². The molecule has 0 saturated carbocycles. The fraction of sp³-hybridized carbons (Fsp3) is 0.154. The smallest absolute Gasteiger partial charge is 0.337 e. The zero-order valence-electron chi connectivity index (χ0n) is 18.5. The minimum atomic E-state index is -0.640. The fourth-order valence-corrected chi connectivity index (χ4v) is 3.14. The Hall–Kier alpha value is -4.46. The molecule has 8 heteroatoms. The zero-order valence-corrected chi connectivity index (χ0v) is 18.5. The van der Waals surface area contributed by atoms with Gasteiger partial charge in [-0.1, -0.05) is 48.5 Å². The van der Waals surface area contributed by atoms with Crippen molar-refractivity contribution >= 4 is 29.4 Å². The Kier molecular flexibility index (Phi) is 8.51. The number of hydrogen-bond donors (Lipinski definition) is 2. The maximum Gasteiger partial charge on any atom is 0.337 e. The number of benzene rings is 3. The van der Waals surface area contributed by atoms with Crippen molar-refractivity contribution in [1.29, 1.82) is 0 Å². The second-order valence-electron chi connectivity index (χ2n) is 7.28. The number of ether oxygens (including phenoxy) is 2. The number of anilines is 1. The Morgan fingerprint density at radius 2 is 1.41 bits per heavy atom. The molecular weight excluding hydrogens is 436 g/mol. The standard InChI is InChI=1S/C26H24N2O6/c1-33-26(32)20-12-14-21(15-13-20)27-23(29)17-34-24(30)16-22(18-8-4-2-5-9-18)28-25(31)19-10-6-3-7-11-19/h2-15,22H,16-17H2,1H3,(H,27,29)(H,28,31)/t22-/m1/s1. The third-order valence-electron chi connectivity index (χ3n) is 4.87. The first-order valence-corrected chi connectivity index (χ1v) is 10.5. The summed E-state index contributed by atoms with van der Waals surface area (Å²) in [7, 11) is 1.28. The van der Waals surface area contributed by atoms with Crippen molar-refractivity contribution in [3.05, 3.63) is 102 Å². The maximum atomic E-state index is 12.6. The summed E-state index contributed by atoms with van der Waals surface area (Å²) in [6, 6.07) is 23.2. The Balaban J connectivity index is 1.56. The van der Waals surface area contributed by atoms with E-state index in [4.69, 9.17) is 4.74 Å². The zero-order chi connectivity index (χ0) is 24.3. The van der Waals surface area contributed by atoms with Crippen molar-refractivity contribution in [2.75, 3.05) is 19.0 Å². The summed E-state index contributed by atoms with van der Waals surface area (Å²) in [6.45, 7) is -0.494. The summed E-state index contributed by atoms with van der Waals surface area (Å²) in [5.74, 6) is -1.99. The first-order chi connectivity index (χ1) is 16.5. The molecule has 3 rings (SSSR count). The van der Waals surface area contributed by atoms with Crippen LogP contribution in [0, 0.1) is 0 Å². The lowest BCUT2D eigenvalue weighted by atomic mass is 10.0. The summed E-state index contributed by atoms with van der Waals surface area (Å²) in [5, 5.41) is 5.43. The molecule has 1 atom stereocenters. The molecular formula is C26H24N2O6. The van der Waals surface area contributed by atoms with Gasteiger partial charge < -0.3 is 20.1 Å². The predicted octanol–water partition coefficient (Wildman–Crippen LogP) is 3.52. The molecule has 0 saturated heterocycles. The van der Waals surface area contributed by atoms with Crippen LogP contribution in [-0.2, 0) is 19.1 Å². The summed E-state index contributed by atoms with van der Waals surface area (Å²) >= 11 is 0. The van der Waals surface area contributed by atoms with E-state index < -0.39 is 30.5 Å². The quantitative estimate of drug-likeness (QED) is 0.473.